The Morgan fingerprint density at radius 1 is 0.900 bits per heavy atom. The van der Waals surface area contributed by atoms with Gasteiger partial charge in [0.1, 0.15) is 18.9 Å². The van der Waals surface area contributed by atoms with Gasteiger partial charge in [0.2, 0.25) is 0 Å². The normalized spacial score (nSPS) is 10.8. The van der Waals surface area contributed by atoms with Gasteiger partial charge in [0.05, 0.1) is 6.54 Å². The van der Waals surface area contributed by atoms with Crippen LogP contribution >= 0.6 is 0 Å². The predicted molar refractivity (Wildman–Crippen MR) is 82.6 cm³/mol. The third-order valence-electron chi connectivity index (χ3n) is 3.19. The van der Waals surface area contributed by atoms with Crippen LogP contribution in [0.25, 0.3) is 0 Å². The molecule has 20 heavy (non-hydrogen) atoms. The van der Waals surface area contributed by atoms with Crippen LogP contribution in [0, 0.1) is 5.92 Å². The quantitative estimate of drug-likeness (QED) is 0.822. The lowest BCUT2D eigenvalue weighted by atomic mass is 10.2. The van der Waals surface area contributed by atoms with Gasteiger partial charge in [0.25, 0.3) is 0 Å². The largest absolute Gasteiger partial charge is 0.489 e. The van der Waals surface area contributed by atoms with E-state index in [1.807, 2.05) is 18.2 Å². The topological polar surface area (TPSA) is 25.8 Å². The Bertz CT molecular complexity index is 491. The van der Waals surface area contributed by atoms with Crippen molar-refractivity contribution < 1.29 is 10.1 Å². The van der Waals surface area contributed by atoms with Gasteiger partial charge in [0, 0.05) is 11.5 Å². The average molecular weight is 270 g/mol. The SMILES string of the molecule is CC(C)C[NH2+]Cc1ccc(OCc2ccccc2)cc1. The first-order valence-corrected chi connectivity index (χ1v) is 7.31. The van der Waals surface area contributed by atoms with E-state index < -0.39 is 0 Å². The molecule has 0 saturated carbocycles. The molecule has 0 aliphatic carbocycles. The standard InChI is InChI=1S/C18H23NO/c1-15(2)12-19-13-16-8-10-18(11-9-16)20-14-17-6-4-3-5-7-17/h3-11,15,19H,12-14H2,1-2H3/p+1. The molecular formula is C18H24NO+. The average Bonchev–Trinajstić information content (AvgIpc) is 2.47. The molecule has 2 nitrogen and oxygen atoms in total. The van der Waals surface area contributed by atoms with Crippen LogP contribution in [0.4, 0.5) is 0 Å². The Hall–Kier alpha value is -1.80. The first-order chi connectivity index (χ1) is 9.74. The van der Waals surface area contributed by atoms with Crippen molar-refractivity contribution in [3.63, 3.8) is 0 Å². The van der Waals surface area contributed by atoms with Crippen molar-refractivity contribution in [2.75, 3.05) is 6.54 Å². The summed E-state index contributed by atoms with van der Waals surface area (Å²) in [6, 6.07) is 18.7. The Labute approximate surface area is 121 Å². The molecule has 2 N–H and O–H groups in total. The number of hydrogen-bond donors (Lipinski definition) is 1. The van der Waals surface area contributed by atoms with Crippen molar-refractivity contribution in [3.05, 3.63) is 65.7 Å². The van der Waals surface area contributed by atoms with Gasteiger partial charge in [0.15, 0.2) is 0 Å². The van der Waals surface area contributed by atoms with Gasteiger partial charge in [-0.2, -0.15) is 0 Å². The predicted octanol–water partition coefficient (Wildman–Crippen LogP) is 2.99. The number of hydrogen-bond acceptors (Lipinski definition) is 1. The minimum Gasteiger partial charge on any atom is -0.489 e. The van der Waals surface area contributed by atoms with E-state index in [1.54, 1.807) is 0 Å². The number of quaternary nitrogens is 1. The number of rotatable bonds is 7. The van der Waals surface area contributed by atoms with Crippen molar-refractivity contribution in [3.8, 4) is 5.75 Å². The molecule has 2 aromatic rings. The minimum absolute atomic E-state index is 0.625. The van der Waals surface area contributed by atoms with Crippen molar-refractivity contribution in [2.24, 2.45) is 5.92 Å². The summed E-state index contributed by atoms with van der Waals surface area (Å²) in [6.07, 6.45) is 0. The second-order valence-corrected chi connectivity index (χ2v) is 5.54. The molecule has 2 aromatic carbocycles. The van der Waals surface area contributed by atoms with E-state index in [1.165, 1.54) is 17.7 Å². The van der Waals surface area contributed by atoms with E-state index in [0.29, 0.717) is 6.61 Å². The van der Waals surface area contributed by atoms with E-state index in [0.717, 1.165) is 18.2 Å². The fourth-order valence-electron chi connectivity index (χ4n) is 2.05. The first kappa shape index (κ1) is 14.6. The molecule has 2 rings (SSSR count). The highest BCUT2D eigenvalue weighted by Crippen LogP contribution is 2.13. The zero-order valence-corrected chi connectivity index (χ0v) is 12.4. The Morgan fingerprint density at radius 3 is 2.25 bits per heavy atom. The summed E-state index contributed by atoms with van der Waals surface area (Å²) in [5.41, 5.74) is 2.54. The Kier molecular flexibility index (Phi) is 5.63. The highest BCUT2D eigenvalue weighted by molar-refractivity contribution is 5.27. The highest BCUT2D eigenvalue weighted by Gasteiger charge is 2.00. The smallest absolute Gasteiger partial charge is 0.119 e. The molecule has 0 heterocycles. The van der Waals surface area contributed by atoms with E-state index >= 15 is 0 Å². The summed E-state index contributed by atoms with van der Waals surface area (Å²) in [4.78, 5) is 0. The summed E-state index contributed by atoms with van der Waals surface area (Å²) < 4.78 is 5.78. The maximum Gasteiger partial charge on any atom is 0.119 e. The van der Waals surface area contributed by atoms with Crippen LogP contribution in [-0.4, -0.2) is 6.54 Å². The van der Waals surface area contributed by atoms with Crippen LogP contribution < -0.4 is 10.1 Å². The van der Waals surface area contributed by atoms with Crippen LogP contribution in [0.1, 0.15) is 25.0 Å². The van der Waals surface area contributed by atoms with E-state index in [4.69, 9.17) is 4.74 Å². The number of ether oxygens (including phenoxy) is 1. The maximum absolute atomic E-state index is 5.78. The van der Waals surface area contributed by atoms with Gasteiger partial charge < -0.3 is 10.1 Å². The number of nitrogens with two attached hydrogens (primary N) is 1. The number of benzene rings is 2. The van der Waals surface area contributed by atoms with Gasteiger partial charge >= 0.3 is 0 Å². The minimum atomic E-state index is 0.625. The summed E-state index contributed by atoms with van der Waals surface area (Å²) >= 11 is 0. The molecule has 2 heteroatoms. The molecule has 106 valence electrons. The molecule has 0 bridgehead atoms. The van der Waals surface area contributed by atoms with Gasteiger partial charge in [-0.15, -0.1) is 0 Å². The van der Waals surface area contributed by atoms with Crippen LogP contribution in [0.2, 0.25) is 0 Å². The maximum atomic E-state index is 5.78. The van der Waals surface area contributed by atoms with Gasteiger partial charge in [-0.1, -0.05) is 44.2 Å². The van der Waals surface area contributed by atoms with Crippen molar-refractivity contribution >= 4 is 0 Å². The molecule has 0 aromatic heterocycles. The molecule has 0 amide bonds. The highest BCUT2D eigenvalue weighted by atomic mass is 16.5. The molecular weight excluding hydrogens is 246 g/mol. The van der Waals surface area contributed by atoms with Crippen molar-refractivity contribution in [1.82, 2.24) is 0 Å². The third-order valence-corrected chi connectivity index (χ3v) is 3.19. The summed E-state index contributed by atoms with van der Waals surface area (Å²) in [6.45, 7) is 7.33. The summed E-state index contributed by atoms with van der Waals surface area (Å²) in [5, 5.41) is 2.35. The van der Waals surface area contributed by atoms with Crippen LogP contribution in [0.5, 0.6) is 5.75 Å². The molecule has 0 radical (unpaired) electrons. The van der Waals surface area contributed by atoms with Gasteiger partial charge in [-0.25, -0.2) is 0 Å². The monoisotopic (exact) mass is 270 g/mol. The van der Waals surface area contributed by atoms with Crippen LogP contribution in [0.15, 0.2) is 54.6 Å². The van der Waals surface area contributed by atoms with Crippen molar-refractivity contribution in [1.29, 1.82) is 0 Å². The van der Waals surface area contributed by atoms with Crippen LogP contribution in [0.3, 0.4) is 0 Å². The van der Waals surface area contributed by atoms with E-state index in [2.05, 4.69) is 55.6 Å². The fourth-order valence-corrected chi connectivity index (χ4v) is 2.05. The van der Waals surface area contributed by atoms with Gasteiger partial charge in [-0.05, 0) is 29.8 Å². The molecule has 0 saturated heterocycles. The second-order valence-electron chi connectivity index (χ2n) is 5.54. The molecule has 0 spiro atoms. The Morgan fingerprint density at radius 2 is 1.60 bits per heavy atom. The lowest BCUT2D eigenvalue weighted by Crippen LogP contribution is -2.83. The summed E-state index contributed by atoms with van der Waals surface area (Å²) in [5.74, 6) is 1.67. The van der Waals surface area contributed by atoms with E-state index in [-0.39, 0.29) is 0 Å². The lowest BCUT2D eigenvalue weighted by Gasteiger charge is -2.08. The van der Waals surface area contributed by atoms with Crippen molar-refractivity contribution in [2.45, 2.75) is 27.0 Å². The third kappa shape index (κ3) is 5.06. The molecule has 0 aliphatic heterocycles. The van der Waals surface area contributed by atoms with Gasteiger partial charge in [-0.3, -0.25) is 0 Å². The first-order valence-electron chi connectivity index (χ1n) is 7.31. The van der Waals surface area contributed by atoms with E-state index in [9.17, 15) is 0 Å². The molecule has 0 unspecified atom stereocenters. The zero-order chi connectivity index (χ0) is 14.2. The van der Waals surface area contributed by atoms with Crippen LogP contribution in [-0.2, 0) is 13.2 Å². The fraction of sp³-hybridized carbons (Fsp3) is 0.333. The molecule has 0 fully saturated rings. The summed E-state index contributed by atoms with van der Waals surface area (Å²) in [7, 11) is 0. The Balaban J connectivity index is 1.79. The molecule has 0 atom stereocenters. The lowest BCUT2D eigenvalue weighted by molar-refractivity contribution is -0.675. The molecule has 0 aliphatic rings. The second kappa shape index (κ2) is 7.71. The zero-order valence-electron chi connectivity index (χ0n) is 12.4.